The number of methoxy groups -OCH3 is 1. The molecule has 0 saturated heterocycles. The zero-order valence-corrected chi connectivity index (χ0v) is 9.34. The summed E-state index contributed by atoms with van der Waals surface area (Å²) >= 11 is 0. The summed E-state index contributed by atoms with van der Waals surface area (Å²) in [6.07, 6.45) is 2.35. The number of nitrogens with one attached hydrogen (secondary N) is 2. The molecule has 0 atom stereocenters. The average Bonchev–Trinajstić information content (AvgIpc) is 2.25. The predicted molar refractivity (Wildman–Crippen MR) is 64.0 cm³/mol. The molecule has 15 heavy (non-hydrogen) atoms. The molecule has 0 bridgehead atoms. The van der Waals surface area contributed by atoms with Gasteiger partial charge in [0, 0.05) is 37.7 Å². The Hall–Kier alpha value is -1.35. The largest absolute Gasteiger partial charge is 0.385 e. The van der Waals surface area contributed by atoms with Crippen molar-refractivity contribution in [2.45, 2.75) is 13.3 Å². The van der Waals surface area contributed by atoms with Crippen molar-refractivity contribution in [1.29, 1.82) is 5.41 Å². The van der Waals surface area contributed by atoms with Gasteiger partial charge in [0.15, 0.2) is 0 Å². The van der Waals surface area contributed by atoms with Gasteiger partial charge in [0.25, 0.3) is 0 Å². The van der Waals surface area contributed by atoms with Crippen LogP contribution in [0.3, 0.4) is 0 Å². The lowest BCUT2D eigenvalue weighted by Gasteiger charge is -2.09. The van der Waals surface area contributed by atoms with Crippen molar-refractivity contribution in [3.8, 4) is 0 Å². The molecule has 0 fully saturated rings. The summed E-state index contributed by atoms with van der Waals surface area (Å²) < 4.78 is 4.98. The van der Waals surface area contributed by atoms with Crippen molar-refractivity contribution in [2.24, 2.45) is 0 Å². The Morgan fingerprint density at radius 3 is 2.93 bits per heavy atom. The molecule has 3 nitrogen and oxygen atoms in total. The minimum atomic E-state index is 0.763. The molecule has 0 unspecified atom stereocenters. The number of benzene rings is 1. The molecule has 0 aromatic heterocycles. The van der Waals surface area contributed by atoms with E-state index in [9.17, 15) is 0 Å². The zero-order valence-electron chi connectivity index (χ0n) is 9.34. The van der Waals surface area contributed by atoms with E-state index in [2.05, 4.69) is 11.4 Å². The van der Waals surface area contributed by atoms with Crippen LogP contribution in [0.2, 0.25) is 0 Å². The molecule has 82 valence electrons. The highest BCUT2D eigenvalue weighted by atomic mass is 16.5. The third-order valence-electron chi connectivity index (χ3n) is 2.20. The predicted octanol–water partition coefficient (Wildman–Crippen LogP) is 2.44. The lowest BCUT2D eigenvalue weighted by Crippen LogP contribution is -2.06. The molecule has 1 rings (SSSR count). The minimum Gasteiger partial charge on any atom is -0.385 e. The average molecular weight is 206 g/mol. The van der Waals surface area contributed by atoms with E-state index < -0.39 is 0 Å². The summed E-state index contributed by atoms with van der Waals surface area (Å²) in [4.78, 5) is 0. The van der Waals surface area contributed by atoms with Crippen LogP contribution in [-0.2, 0) is 4.74 Å². The number of hydrogen-bond acceptors (Lipinski definition) is 3. The molecular formula is C12H18N2O. The summed E-state index contributed by atoms with van der Waals surface area (Å²) in [6.45, 7) is 3.69. The molecule has 0 saturated carbocycles. The Labute approximate surface area is 91.0 Å². The summed E-state index contributed by atoms with van der Waals surface area (Å²) in [5.74, 6) is 0. The molecule has 0 heterocycles. The topological polar surface area (TPSA) is 45.1 Å². The smallest absolute Gasteiger partial charge is 0.0479 e. The van der Waals surface area contributed by atoms with Gasteiger partial charge in [-0.2, -0.15) is 0 Å². The Bertz CT molecular complexity index is 323. The first-order chi connectivity index (χ1) is 7.27. The fourth-order valence-electron chi connectivity index (χ4n) is 1.39. The van der Waals surface area contributed by atoms with Crippen LogP contribution in [0, 0.1) is 12.3 Å². The maximum atomic E-state index is 7.28. The van der Waals surface area contributed by atoms with E-state index in [-0.39, 0.29) is 0 Å². The molecule has 0 aliphatic carbocycles. The normalized spacial score (nSPS) is 10.0. The number of ether oxygens (including phenoxy) is 1. The molecule has 0 aliphatic rings. The van der Waals surface area contributed by atoms with E-state index in [1.54, 1.807) is 7.11 Å². The van der Waals surface area contributed by atoms with Crippen LogP contribution in [0.4, 0.5) is 5.69 Å². The van der Waals surface area contributed by atoms with Gasteiger partial charge in [0.1, 0.15) is 0 Å². The van der Waals surface area contributed by atoms with E-state index in [4.69, 9.17) is 10.1 Å². The maximum Gasteiger partial charge on any atom is 0.0479 e. The Kier molecular flexibility index (Phi) is 4.84. The summed E-state index contributed by atoms with van der Waals surface area (Å²) in [5, 5.41) is 10.6. The van der Waals surface area contributed by atoms with Gasteiger partial charge in [-0.25, -0.2) is 0 Å². The molecule has 0 amide bonds. The van der Waals surface area contributed by atoms with Gasteiger partial charge in [-0.05, 0) is 25.0 Å². The summed E-state index contributed by atoms with van der Waals surface area (Å²) in [5.41, 5.74) is 3.16. The van der Waals surface area contributed by atoms with Gasteiger partial charge < -0.3 is 15.5 Å². The van der Waals surface area contributed by atoms with Crippen LogP contribution in [0.5, 0.6) is 0 Å². The van der Waals surface area contributed by atoms with Crippen molar-refractivity contribution in [2.75, 3.05) is 25.6 Å². The van der Waals surface area contributed by atoms with Gasteiger partial charge >= 0.3 is 0 Å². The first-order valence-corrected chi connectivity index (χ1v) is 5.12. The van der Waals surface area contributed by atoms with Crippen molar-refractivity contribution >= 4 is 11.9 Å². The number of anilines is 1. The number of hydrogen-bond donors (Lipinski definition) is 2. The third kappa shape index (κ3) is 3.72. The van der Waals surface area contributed by atoms with E-state index in [1.807, 2.05) is 19.1 Å². The second-order valence-electron chi connectivity index (χ2n) is 3.51. The molecule has 0 aliphatic heterocycles. The Balaban J connectivity index is 2.58. The van der Waals surface area contributed by atoms with Crippen LogP contribution >= 0.6 is 0 Å². The SMILES string of the molecule is COCCCNc1cc(C)ccc1C=N. The quantitative estimate of drug-likeness (QED) is 0.554. The van der Waals surface area contributed by atoms with Crippen LogP contribution in [0.15, 0.2) is 18.2 Å². The number of aryl methyl sites for hydroxylation is 1. The standard InChI is InChI=1S/C12H18N2O/c1-10-4-5-11(9-13)12(8-10)14-6-3-7-15-2/h4-5,8-9,13-14H,3,6-7H2,1-2H3. The second kappa shape index (κ2) is 6.19. The molecule has 3 heteroatoms. The van der Waals surface area contributed by atoms with Crippen LogP contribution in [0.1, 0.15) is 17.5 Å². The fourth-order valence-corrected chi connectivity index (χ4v) is 1.39. The van der Waals surface area contributed by atoms with Gasteiger partial charge in [-0.3, -0.25) is 0 Å². The summed E-state index contributed by atoms with van der Waals surface area (Å²) in [7, 11) is 1.70. The Morgan fingerprint density at radius 2 is 2.27 bits per heavy atom. The maximum absolute atomic E-state index is 7.28. The van der Waals surface area contributed by atoms with Crippen LogP contribution in [-0.4, -0.2) is 26.5 Å². The molecular weight excluding hydrogens is 188 g/mol. The zero-order chi connectivity index (χ0) is 11.1. The van der Waals surface area contributed by atoms with Crippen LogP contribution in [0.25, 0.3) is 0 Å². The summed E-state index contributed by atoms with van der Waals surface area (Å²) in [6, 6.07) is 6.04. The second-order valence-corrected chi connectivity index (χ2v) is 3.51. The van der Waals surface area contributed by atoms with E-state index in [0.29, 0.717) is 0 Å². The fraction of sp³-hybridized carbons (Fsp3) is 0.417. The van der Waals surface area contributed by atoms with E-state index >= 15 is 0 Å². The molecule has 1 aromatic carbocycles. The van der Waals surface area contributed by atoms with Crippen molar-refractivity contribution in [1.82, 2.24) is 0 Å². The molecule has 0 radical (unpaired) electrons. The minimum absolute atomic E-state index is 0.763. The molecule has 1 aromatic rings. The lowest BCUT2D eigenvalue weighted by molar-refractivity contribution is 0.198. The van der Waals surface area contributed by atoms with Gasteiger partial charge in [0.2, 0.25) is 0 Å². The highest BCUT2D eigenvalue weighted by Gasteiger charge is 1.99. The van der Waals surface area contributed by atoms with E-state index in [1.165, 1.54) is 11.8 Å². The van der Waals surface area contributed by atoms with Crippen LogP contribution < -0.4 is 5.32 Å². The van der Waals surface area contributed by atoms with Crippen molar-refractivity contribution in [3.05, 3.63) is 29.3 Å². The highest BCUT2D eigenvalue weighted by Crippen LogP contribution is 2.15. The Morgan fingerprint density at radius 1 is 1.47 bits per heavy atom. The third-order valence-corrected chi connectivity index (χ3v) is 2.20. The highest BCUT2D eigenvalue weighted by molar-refractivity contribution is 5.85. The molecule has 0 spiro atoms. The first-order valence-electron chi connectivity index (χ1n) is 5.12. The van der Waals surface area contributed by atoms with Gasteiger partial charge in [0.05, 0.1) is 0 Å². The monoisotopic (exact) mass is 206 g/mol. The number of rotatable bonds is 6. The van der Waals surface area contributed by atoms with Crippen molar-refractivity contribution in [3.63, 3.8) is 0 Å². The van der Waals surface area contributed by atoms with E-state index in [0.717, 1.165) is 30.8 Å². The lowest BCUT2D eigenvalue weighted by atomic mass is 10.1. The first kappa shape index (κ1) is 11.7. The van der Waals surface area contributed by atoms with Gasteiger partial charge in [-0.1, -0.05) is 12.1 Å². The van der Waals surface area contributed by atoms with Gasteiger partial charge in [-0.15, -0.1) is 0 Å². The van der Waals surface area contributed by atoms with Crippen molar-refractivity contribution < 1.29 is 4.74 Å². The molecule has 2 N–H and O–H groups in total.